The first kappa shape index (κ1) is 16.6. The van der Waals surface area contributed by atoms with Gasteiger partial charge in [-0.3, -0.25) is 9.63 Å². The van der Waals surface area contributed by atoms with E-state index in [1.54, 1.807) is 0 Å². The Bertz CT molecular complexity index is 369. The van der Waals surface area contributed by atoms with Crippen LogP contribution in [0.2, 0.25) is 0 Å². The summed E-state index contributed by atoms with van der Waals surface area (Å²) in [5.74, 6) is -0.354. The maximum atomic E-state index is 11.5. The highest BCUT2D eigenvalue weighted by Gasteiger charge is 2.10. The molecule has 0 aromatic heterocycles. The molecule has 1 aromatic carbocycles. The van der Waals surface area contributed by atoms with E-state index in [9.17, 15) is 9.90 Å². The standard InChI is InChI=1S/C15H23NO4/c1-2-3-9-19-12-14(17)10-15(18)16-20-11-13-7-5-4-6-8-13/h4-8,14,17H,2-3,9-12H2,1H3,(H,16,18)/t14-/m0/s1. The van der Waals surface area contributed by atoms with Gasteiger partial charge in [-0.25, -0.2) is 5.48 Å². The number of benzene rings is 1. The van der Waals surface area contributed by atoms with E-state index in [0.717, 1.165) is 18.4 Å². The average Bonchev–Trinajstić information content (AvgIpc) is 2.45. The summed E-state index contributed by atoms with van der Waals surface area (Å²) in [6.45, 7) is 3.15. The van der Waals surface area contributed by atoms with Crippen LogP contribution in [-0.4, -0.2) is 30.3 Å². The van der Waals surface area contributed by atoms with E-state index < -0.39 is 6.10 Å². The lowest BCUT2D eigenvalue weighted by Gasteiger charge is -2.11. The second-order valence-corrected chi connectivity index (χ2v) is 4.59. The Balaban J connectivity index is 2.07. The summed E-state index contributed by atoms with van der Waals surface area (Å²) >= 11 is 0. The molecular weight excluding hydrogens is 258 g/mol. The number of nitrogens with one attached hydrogen (secondary N) is 1. The third kappa shape index (κ3) is 7.89. The Morgan fingerprint density at radius 1 is 1.35 bits per heavy atom. The minimum atomic E-state index is -0.799. The average molecular weight is 281 g/mol. The van der Waals surface area contributed by atoms with Crippen molar-refractivity contribution in [2.75, 3.05) is 13.2 Å². The van der Waals surface area contributed by atoms with Gasteiger partial charge in [0, 0.05) is 6.61 Å². The summed E-state index contributed by atoms with van der Waals surface area (Å²) in [7, 11) is 0. The van der Waals surface area contributed by atoms with Crippen LogP contribution in [0.15, 0.2) is 30.3 Å². The van der Waals surface area contributed by atoms with E-state index in [1.165, 1.54) is 0 Å². The van der Waals surface area contributed by atoms with Gasteiger partial charge < -0.3 is 9.84 Å². The first-order valence-electron chi connectivity index (χ1n) is 6.92. The van der Waals surface area contributed by atoms with Crippen LogP contribution in [0.5, 0.6) is 0 Å². The molecule has 0 aliphatic carbocycles. The largest absolute Gasteiger partial charge is 0.390 e. The number of hydrogen-bond donors (Lipinski definition) is 2. The van der Waals surface area contributed by atoms with Crippen LogP contribution in [0.1, 0.15) is 31.7 Å². The van der Waals surface area contributed by atoms with Crippen molar-refractivity contribution in [1.82, 2.24) is 5.48 Å². The van der Waals surface area contributed by atoms with E-state index in [2.05, 4.69) is 12.4 Å². The molecule has 0 aliphatic heterocycles. The van der Waals surface area contributed by atoms with E-state index in [1.807, 2.05) is 30.3 Å². The van der Waals surface area contributed by atoms with Gasteiger partial charge in [-0.05, 0) is 12.0 Å². The van der Waals surface area contributed by atoms with Gasteiger partial charge in [0.15, 0.2) is 0 Å². The van der Waals surface area contributed by atoms with Gasteiger partial charge in [-0.2, -0.15) is 0 Å². The van der Waals surface area contributed by atoms with Crippen LogP contribution in [0.4, 0.5) is 0 Å². The summed E-state index contributed by atoms with van der Waals surface area (Å²) < 4.78 is 5.24. The number of ether oxygens (including phenoxy) is 1. The third-order valence-corrected chi connectivity index (χ3v) is 2.64. The number of hydroxylamine groups is 1. The highest BCUT2D eigenvalue weighted by atomic mass is 16.6. The molecule has 0 bridgehead atoms. The van der Waals surface area contributed by atoms with Crippen LogP contribution in [-0.2, 0) is 21.0 Å². The monoisotopic (exact) mass is 281 g/mol. The van der Waals surface area contributed by atoms with E-state index in [-0.39, 0.29) is 18.9 Å². The zero-order chi connectivity index (χ0) is 14.6. The number of carbonyl (C=O) groups is 1. The van der Waals surface area contributed by atoms with Gasteiger partial charge in [0.2, 0.25) is 5.91 Å². The smallest absolute Gasteiger partial charge is 0.246 e. The molecule has 5 nitrogen and oxygen atoms in total. The number of amides is 1. The zero-order valence-corrected chi connectivity index (χ0v) is 11.9. The topological polar surface area (TPSA) is 67.8 Å². The Hall–Kier alpha value is -1.43. The molecular formula is C15H23NO4. The Kier molecular flexibility index (Phi) is 8.62. The molecule has 0 saturated carbocycles. The van der Waals surface area contributed by atoms with Crippen LogP contribution in [0, 0.1) is 0 Å². The van der Waals surface area contributed by atoms with Crippen LogP contribution in [0.3, 0.4) is 0 Å². The summed E-state index contributed by atoms with van der Waals surface area (Å²) in [5, 5.41) is 9.59. The minimum absolute atomic E-state index is 0.0269. The molecule has 0 fully saturated rings. The molecule has 0 saturated heterocycles. The van der Waals surface area contributed by atoms with Gasteiger partial charge in [-0.15, -0.1) is 0 Å². The van der Waals surface area contributed by atoms with Crippen molar-refractivity contribution in [1.29, 1.82) is 0 Å². The van der Waals surface area contributed by atoms with Crippen molar-refractivity contribution in [3.8, 4) is 0 Å². The molecule has 1 rings (SSSR count). The minimum Gasteiger partial charge on any atom is -0.390 e. The molecule has 0 unspecified atom stereocenters. The Morgan fingerprint density at radius 3 is 2.80 bits per heavy atom. The first-order valence-corrected chi connectivity index (χ1v) is 6.92. The lowest BCUT2D eigenvalue weighted by atomic mass is 10.2. The van der Waals surface area contributed by atoms with Gasteiger partial charge in [0.1, 0.15) is 0 Å². The number of aliphatic hydroxyl groups is 1. The number of carbonyl (C=O) groups excluding carboxylic acids is 1. The lowest BCUT2D eigenvalue weighted by Crippen LogP contribution is -2.29. The van der Waals surface area contributed by atoms with E-state index in [4.69, 9.17) is 9.57 Å². The molecule has 0 radical (unpaired) electrons. The van der Waals surface area contributed by atoms with Gasteiger partial charge >= 0.3 is 0 Å². The van der Waals surface area contributed by atoms with Crippen LogP contribution in [0.25, 0.3) is 0 Å². The predicted molar refractivity (Wildman–Crippen MR) is 75.7 cm³/mol. The number of hydrogen-bond acceptors (Lipinski definition) is 4. The van der Waals surface area contributed by atoms with Crippen molar-refractivity contribution >= 4 is 5.91 Å². The SMILES string of the molecule is CCCCOC[C@@H](O)CC(=O)NOCc1ccccc1. The number of aliphatic hydroxyl groups excluding tert-OH is 1. The molecule has 112 valence electrons. The molecule has 2 N–H and O–H groups in total. The summed E-state index contributed by atoms with van der Waals surface area (Å²) in [4.78, 5) is 16.6. The number of rotatable bonds is 10. The van der Waals surface area contributed by atoms with Crippen molar-refractivity contribution < 1.29 is 19.5 Å². The zero-order valence-electron chi connectivity index (χ0n) is 11.9. The molecule has 0 spiro atoms. The fraction of sp³-hybridized carbons (Fsp3) is 0.533. The highest BCUT2D eigenvalue weighted by Crippen LogP contribution is 2.00. The van der Waals surface area contributed by atoms with Crippen LogP contribution >= 0.6 is 0 Å². The summed E-state index contributed by atoms with van der Waals surface area (Å²) in [6, 6.07) is 9.53. The quantitative estimate of drug-likeness (QED) is 0.507. The molecule has 1 amide bonds. The Labute approximate surface area is 119 Å². The van der Waals surface area contributed by atoms with Crippen LogP contribution < -0.4 is 5.48 Å². The second-order valence-electron chi connectivity index (χ2n) is 4.59. The first-order chi connectivity index (χ1) is 9.72. The maximum Gasteiger partial charge on any atom is 0.246 e. The van der Waals surface area contributed by atoms with Crippen molar-refractivity contribution in [2.24, 2.45) is 0 Å². The van der Waals surface area contributed by atoms with Crippen molar-refractivity contribution in [3.05, 3.63) is 35.9 Å². The van der Waals surface area contributed by atoms with Crippen molar-refractivity contribution in [2.45, 2.75) is 38.9 Å². The number of unbranched alkanes of at least 4 members (excludes halogenated alkanes) is 1. The van der Waals surface area contributed by atoms with E-state index in [0.29, 0.717) is 13.2 Å². The fourth-order valence-corrected chi connectivity index (χ4v) is 1.55. The molecule has 5 heteroatoms. The molecule has 0 aliphatic rings. The van der Waals surface area contributed by atoms with Gasteiger partial charge in [0.05, 0.1) is 25.7 Å². The normalized spacial score (nSPS) is 12.1. The van der Waals surface area contributed by atoms with Gasteiger partial charge in [-0.1, -0.05) is 43.7 Å². The summed E-state index contributed by atoms with van der Waals surface area (Å²) in [6.07, 6.45) is 1.18. The molecule has 0 heterocycles. The summed E-state index contributed by atoms with van der Waals surface area (Å²) in [5.41, 5.74) is 3.28. The molecule has 1 atom stereocenters. The lowest BCUT2D eigenvalue weighted by molar-refractivity contribution is -0.137. The Morgan fingerprint density at radius 2 is 2.10 bits per heavy atom. The second kappa shape index (κ2) is 10.4. The molecule has 1 aromatic rings. The van der Waals surface area contributed by atoms with Crippen molar-refractivity contribution in [3.63, 3.8) is 0 Å². The van der Waals surface area contributed by atoms with Gasteiger partial charge in [0.25, 0.3) is 0 Å². The predicted octanol–water partition coefficient (Wildman–Crippen LogP) is 1.80. The maximum absolute atomic E-state index is 11.5. The molecule has 20 heavy (non-hydrogen) atoms. The third-order valence-electron chi connectivity index (χ3n) is 2.64. The fourth-order valence-electron chi connectivity index (χ4n) is 1.55. The highest BCUT2D eigenvalue weighted by molar-refractivity contribution is 5.75. The van der Waals surface area contributed by atoms with E-state index >= 15 is 0 Å².